The number of benzene rings is 1. The van der Waals surface area contributed by atoms with Crippen molar-refractivity contribution < 1.29 is 9.90 Å². The lowest BCUT2D eigenvalue weighted by Gasteiger charge is -2.01. The van der Waals surface area contributed by atoms with Crippen molar-refractivity contribution in [3.8, 4) is 5.88 Å². The summed E-state index contributed by atoms with van der Waals surface area (Å²) in [4.78, 5) is 24.0. The number of nitrogens with zero attached hydrogens (tertiary/aromatic N) is 1. The van der Waals surface area contributed by atoms with Gasteiger partial charge in [0, 0.05) is 18.0 Å². The molecule has 0 fully saturated rings. The molecule has 1 heterocycles. The monoisotopic (exact) mass is 219 g/mol. The molecule has 1 aromatic carbocycles. The molecule has 0 unspecified atom stereocenters. The second-order valence-corrected chi connectivity index (χ2v) is 3.36. The van der Waals surface area contributed by atoms with E-state index < -0.39 is 0 Å². The highest BCUT2D eigenvalue weighted by Crippen LogP contribution is 2.36. The third-order valence-corrected chi connectivity index (χ3v) is 2.16. The minimum atomic E-state index is -0.273. The van der Waals surface area contributed by atoms with Crippen molar-refractivity contribution in [3.05, 3.63) is 23.1 Å². The molecule has 1 amide bonds. The van der Waals surface area contributed by atoms with Crippen LogP contribution in [0.1, 0.15) is 6.92 Å². The van der Waals surface area contributed by atoms with Crippen LogP contribution in [0.3, 0.4) is 0 Å². The molecule has 1 aromatic heterocycles. The van der Waals surface area contributed by atoms with Crippen LogP contribution in [-0.2, 0) is 4.79 Å². The summed E-state index contributed by atoms with van der Waals surface area (Å²) in [5, 5.41) is 15.2. The summed E-state index contributed by atoms with van der Waals surface area (Å²) in [6.07, 6.45) is 0. The Balaban J connectivity index is 2.59. The number of fused-ring (bicyclic) bond motifs is 1. The van der Waals surface area contributed by atoms with Crippen molar-refractivity contribution in [1.82, 2.24) is 4.98 Å². The largest absolute Gasteiger partial charge is 0.493 e. The first-order chi connectivity index (χ1) is 7.61. The number of amides is 1. The van der Waals surface area contributed by atoms with Gasteiger partial charge in [0.1, 0.15) is 0 Å². The molecule has 0 spiro atoms. The number of nitroso groups, excluding NO2 is 1. The number of hydrogen-bond donors (Lipinski definition) is 3. The molecule has 0 aliphatic rings. The Kier molecular flexibility index (Phi) is 2.32. The lowest BCUT2D eigenvalue weighted by Crippen LogP contribution is -2.05. The zero-order valence-electron chi connectivity index (χ0n) is 8.44. The van der Waals surface area contributed by atoms with Gasteiger partial charge in [0.05, 0.1) is 5.52 Å². The van der Waals surface area contributed by atoms with E-state index in [4.69, 9.17) is 0 Å². The van der Waals surface area contributed by atoms with Gasteiger partial charge in [0.25, 0.3) is 0 Å². The highest BCUT2D eigenvalue weighted by Gasteiger charge is 2.11. The number of carbonyl (C=O) groups excluding carboxylic acids is 1. The predicted molar refractivity (Wildman–Crippen MR) is 59.7 cm³/mol. The molecule has 0 bridgehead atoms. The van der Waals surface area contributed by atoms with Crippen LogP contribution in [-0.4, -0.2) is 16.0 Å². The molecule has 82 valence electrons. The lowest BCUT2D eigenvalue weighted by atomic mass is 10.2. The quantitative estimate of drug-likeness (QED) is 0.676. The van der Waals surface area contributed by atoms with E-state index in [0.29, 0.717) is 16.6 Å². The van der Waals surface area contributed by atoms with Gasteiger partial charge in [-0.05, 0) is 23.4 Å². The second-order valence-electron chi connectivity index (χ2n) is 3.36. The molecular weight excluding hydrogens is 210 g/mol. The number of anilines is 1. The van der Waals surface area contributed by atoms with E-state index in [1.54, 1.807) is 18.2 Å². The standard InChI is InChI=1S/C10H9N3O3/c1-5(14)11-6-2-3-8-7(4-6)9(13-16)10(15)12-8/h2-4,12,15H,1H3,(H,11,14). The molecule has 0 aliphatic heterocycles. The van der Waals surface area contributed by atoms with Gasteiger partial charge >= 0.3 is 0 Å². The first-order valence-electron chi connectivity index (χ1n) is 4.57. The summed E-state index contributed by atoms with van der Waals surface area (Å²) in [5.41, 5.74) is 1.08. The van der Waals surface area contributed by atoms with Crippen LogP contribution in [0.5, 0.6) is 5.88 Å². The van der Waals surface area contributed by atoms with Crippen molar-refractivity contribution in [1.29, 1.82) is 0 Å². The maximum Gasteiger partial charge on any atom is 0.221 e. The number of H-pyrrole nitrogens is 1. The van der Waals surface area contributed by atoms with Gasteiger partial charge in [-0.15, -0.1) is 4.91 Å². The molecule has 3 N–H and O–H groups in total. The fraction of sp³-hybridized carbons (Fsp3) is 0.100. The number of aromatic amines is 1. The Morgan fingerprint density at radius 3 is 2.88 bits per heavy atom. The van der Waals surface area contributed by atoms with Crippen molar-refractivity contribution in [2.24, 2.45) is 5.18 Å². The highest BCUT2D eigenvalue weighted by atomic mass is 16.3. The average molecular weight is 219 g/mol. The lowest BCUT2D eigenvalue weighted by molar-refractivity contribution is -0.114. The topological polar surface area (TPSA) is 94.6 Å². The van der Waals surface area contributed by atoms with Gasteiger partial charge in [-0.1, -0.05) is 0 Å². The SMILES string of the molecule is CC(=O)Nc1ccc2[nH]c(O)c(N=O)c2c1. The maximum absolute atomic E-state index is 10.9. The first kappa shape index (κ1) is 10.2. The van der Waals surface area contributed by atoms with E-state index in [9.17, 15) is 14.8 Å². The van der Waals surface area contributed by atoms with E-state index in [0.717, 1.165) is 0 Å². The molecule has 0 aliphatic carbocycles. The van der Waals surface area contributed by atoms with Crippen LogP contribution < -0.4 is 5.32 Å². The minimum Gasteiger partial charge on any atom is -0.493 e. The Labute approximate surface area is 90.3 Å². The van der Waals surface area contributed by atoms with Gasteiger partial charge in [-0.2, -0.15) is 0 Å². The number of carbonyl (C=O) groups is 1. The van der Waals surface area contributed by atoms with E-state index >= 15 is 0 Å². The highest BCUT2D eigenvalue weighted by molar-refractivity contribution is 5.98. The summed E-state index contributed by atoms with van der Waals surface area (Å²) >= 11 is 0. The Morgan fingerprint density at radius 2 is 2.25 bits per heavy atom. The smallest absolute Gasteiger partial charge is 0.221 e. The van der Waals surface area contributed by atoms with Gasteiger partial charge in [0.15, 0.2) is 5.69 Å². The van der Waals surface area contributed by atoms with E-state index in [2.05, 4.69) is 15.5 Å². The fourth-order valence-electron chi connectivity index (χ4n) is 1.54. The Hall–Kier alpha value is -2.37. The number of aromatic hydroxyl groups is 1. The molecule has 0 saturated heterocycles. The third-order valence-electron chi connectivity index (χ3n) is 2.16. The van der Waals surface area contributed by atoms with Crippen molar-refractivity contribution in [2.75, 3.05) is 5.32 Å². The van der Waals surface area contributed by atoms with Crippen LogP contribution >= 0.6 is 0 Å². The van der Waals surface area contributed by atoms with Crippen LogP contribution in [0, 0.1) is 4.91 Å². The van der Waals surface area contributed by atoms with Crippen LogP contribution in [0.15, 0.2) is 23.4 Å². The fourth-order valence-corrected chi connectivity index (χ4v) is 1.54. The van der Waals surface area contributed by atoms with Crippen LogP contribution in [0.2, 0.25) is 0 Å². The van der Waals surface area contributed by atoms with Crippen molar-refractivity contribution >= 4 is 28.2 Å². The van der Waals surface area contributed by atoms with Gasteiger partial charge < -0.3 is 15.4 Å². The second kappa shape index (κ2) is 3.65. The average Bonchev–Trinajstić information content (AvgIpc) is 2.52. The van der Waals surface area contributed by atoms with Crippen molar-refractivity contribution in [2.45, 2.75) is 6.92 Å². The molecule has 16 heavy (non-hydrogen) atoms. The molecule has 0 radical (unpaired) electrons. The number of aromatic nitrogens is 1. The molecular formula is C10H9N3O3. The summed E-state index contributed by atoms with van der Waals surface area (Å²) in [7, 11) is 0. The number of nitrogens with one attached hydrogen (secondary N) is 2. The van der Waals surface area contributed by atoms with Crippen molar-refractivity contribution in [3.63, 3.8) is 0 Å². The van der Waals surface area contributed by atoms with E-state index in [-0.39, 0.29) is 17.5 Å². The van der Waals surface area contributed by atoms with Crippen LogP contribution in [0.25, 0.3) is 10.9 Å². The minimum absolute atomic E-state index is 0.0535. The first-order valence-corrected chi connectivity index (χ1v) is 4.57. The third kappa shape index (κ3) is 1.60. The molecule has 2 aromatic rings. The molecule has 0 saturated carbocycles. The van der Waals surface area contributed by atoms with Gasteiger partial charge in [0.2, 0.25) is 11.8 Å². The summed E-state index contributed by atoms with van der Waals surface area (Å²) in [6.45, 7) is 1.39. The van der Waals surface area contributed by atoms with Gasteiger partial charge in [-0.25, -0.2) is 0 Å². The Morgan fingerprint density at radius 1 is 1.50 bits per heavy atom. The molecule has 6 heteroatoms. The predicted octanol–water partition coefficient (Wildman–Crippen LogP) is 2.23. The molecule has 0 atom stereocenters. The summed E-state index contributed by atoms with van der Waals surface area (Å²) < 4.78 is 0. The number of hydrogen-bond acceptors (Lipinski definition) is 4. The Bertz CT molecular complexity index is 574. The number of rotatable bonds is 2. The summed E-state index contributed by atoms with van der Waals surface area (Å²) in [6, 6.07) is 4.88. The zero-order valence-corrected chi connectivity index (χ0v) is 8.44. The van der Waals surface area contributed by atoms with E-state index in [1.807, 2.05) is 0 Å². The molecule has 2 rings (SSSR count). The van der Waals surface area contributed by atoms with Gasteiger partial charge in [-0.3, -0.25) is 4.79 Å². The zero-order chi connectivity index (χ0) is 11.7. The van der Waals surface area contributed by atoms with Crippen LogP contribution in [0.4, 0.5) is 11.4 Å². The normalized spacial score (nSPS) is 10.3. The molecule has 6 nitrogen and oxygen atoms in total. The maximum atomic E-state index is 10.9. The van der Waals surface area contributed by atoms with E-state index in [1.165, 1.54) is 6.92 Å². The summed E-state index contributed by atoms with van der Waals surface area (Å²) in [5.74, 6) is -0.482.